The Balaban J connectivity index is 1.34. The number of piperazine rings is 1. The third-order valence-electron chi connectivity index (χ3n) is 6.16. The number of aromatic hydroxyl groups is 1. The van der Waals surface area contributed by atoms with Gasteiger partial charge in [0.1, 0.15) is 5.75 Å². The molecule has 5 N–H and O–H groups in total. The van der Waals surface area contributed by atoms with Gasteiger partial charge in [-0.15, -0.1) is 0 Å². The molecular weight excluding hydrogens is 388 g/mol. The van der Waals surface area contributed by atoms with E-state index < -0.39 is 0 Å². The van der Waals surface area contributed by atoms with E-state index in [0.717, 1.165) is 70.9 Å². The van der Waals surface area contributed by atoms with Gasteiger partial charge >= 0.3 is 0 Å². The Morgan fingerprint density at radius 3 is 2.94 bits per heavy atom. The normalized spacial score (nSPS) is 22.3. The average Bonchev–Trinajstić information content (AvgIpc) is 2.81. The largest absolute Gasteiger partial charge is 0.508 e. The van der Waals surface area contributed by atoms with E-state index in [9.17, 15) is 5.11 Å². The lowest BCUT2D eigenvalue weighted by Crippen LogP contribution is -2.54. The fourth-order valence-corrected chi connectivity index (χ4v) is 4.38. The van der Waals surface area contributed by atoms with E-state index in [1.807, 2.05) is 12.1 Å². The maximum absolute atomic E-state index is 9.40. The van der Waals surface area contributed by atoms with Crippen molar-refractivity contribution in [2.75, 3.05) is 45.8 Å². The van der Waals surface area contributed by atoms with Crippen LogP contribution in [0.25, 0.3) is 0 Å². The van der Waals surface area contributed by atoms with Crippen LogP contribution in [0.3, 0.4) is 0 Å². The van der Waals surface area contributed by atoms with E-state index in [1.54, 1.807) is 12.1 Å². The molecule has 0 saturated carbocycles. The number of nitrogens with two attached hydrogens (primary N) is 1. The van der Waals surface area contributed by atoms with E-state index in [1.165, 1.54) is 22.4 Å². The molecule has 1 aliphatic carbocycles. The third kappa shape index (κ3) is 6.03. The molecule has 1 fully saturated rings. The molecule has 7 nitrogen and oxygen atoms in total. The zero-order chi connectivity index (χ0) is 21.5. The number of benzene rings is 1. The van der Waals surface area contributed by atoms with Crippen LogP contribution < -0.4 is 16.4 Å². The standard InChI is InChI=1S/C24H34N6O/c25-15-21-16-26-12-13-30(21)17-19-2-1-3-20(14-19)23-9-11-28-24(29-23)27-10-8-18-4-6-22(31)7-5-18/h2,4-7,14,21,26,31H,1,3,8-13,15-17,25H2,(H,27,28). The van der Waals surface area contributed by atoms with E-state index in [0.29, 0.717) is 18.3 Å². The highest BCUT2D eigenvalue weighted by Crippen LogP contribution is 2.22. The highest BCUT2D eigenvalue weighted by atomic mass is 16.3. The Hall–Kier alpha value is -2.48. The summed E-state index contributed by atoms with van der Waals surface area (Å²) in [5, 5.41) is 16.2. The predicted molar refractivity (Wildman–Crippen MR) is 127 cm³/mol. The molecule has 1 aromatic rings. The summed E-state index contributed by atoms with van der Waals surface area (Å²) in [6, 6.07) is 7.75. The van der Waals surface area contributed by atoms with Crippen LogP contribution in [0.2, 0.25) is 0 Å². The summed E-state index contributed by atoms with van der Waals surface area (Å²) in [5.41, 5.74) is 11.1. The highest BCUT2D eigenvalue weighted by Gasteiger charge is 2.22. The van der Waals surface area contributed by atoms with Crippen LogP contribution in [0, 0.1) is 0 Å². The molecule has 1 aromatic carbocycles. The van der Waals surface area contributed by atoms with Crippen LogP contribution in [0.15, 0.2) is 57.5 Å². The second-order valence-corrected chi connectivity index (χ2v) is 8.41. The van der Waals surface area contributed by atoms with E-state index in [2.05, 4.69) is 32.7 Å². The topological polar surface area (TPSA) is 98.3 Å². The summed E-state index contributed by atoms with van der Waals surface area (Å²) in [5.74, 6) is 1.04. The molecule has 1 saturated heterocycles. The molecule has 7 heteroatoms. The summed E-state index contributed by atoms with van der Waals surface area (Å²) in [7, 11) is 0. The summed E-state index contributed by atoms with van der Waals surface area (Å²) >= 11 is 0. The molecule has 0 bridgehead atoms. The van der Waals surface area contributed by atoms with Gasteiger partial charge in [-0.1, -0.05) is 24.3 Å². The molecule has 2 aliphatic heterocycles. The van der Waals surface area contributed by atoms with Gasteiger partial charge < -0.3 is 21.5 Å². The molecule has 4 rings (SSSR count). The Bertz CT molecular complexity index is 871. The van der Waals surface area contributed by atoms with Crippen molar-refractivity contribution in [1.82, 2.24) is 15.5 Å². The number of hydrogen-bond acceptors (Lipinski definition) is 7. The van der Waals surface area contributed by atoms with Crippen molar-refractivity contribution in [1.29, 1.82) is 0 Å². The van der Waals surface area contributed by atoms with Crippen LogP contribution in [0.1, 0.15) is 24.8 Å². The highest BCUT2D eigenvalue weighted by molar-refractivity contribution is 6.08. The lowest BCUT2D eigenvalue weighted by molar-refractivity contribution is 0.181. The van der Waals surface area contributed by atoms with Crippen molar-refractivity contribution in [3.63, 3.8) is 0 Å². The van der Waals surface area contributed by atoms with Crippen molar-refractivity contribution in [2.45, 2.75) is 31.7 Å². The molecule has 1 unspecified atom stereocenters. The fraction of sp³-hybridized carbons (Fsp3) is 0.500. The van der Waals surface area contributed by atoms with Gasteiger partial charge in [0.2, 0.25) is 5.96 Å². The van der Waals surface area contributed by atoms with Gasteiger partial charge in [-0.2, -0.15) is 0 Å². The molecule has 3 aliphatic rings. The van der Waals surface area contributed by atoms with Gasteiger partial charge in [0.15, 0.2) is 0 Å². The van der Waals surface area contributed by atoms with Gasteiger partial charge in [0.05, 0.1) is 0 Å². The quantitative estimate of drug-likeness (QED) is 0.535. The Kier molecular flexibility index (Phi) is 7.51. The number of guanidine groups is 1. The molecule has 1 atom stereocenters. The number of hydrogen-bond donors (Lipinski definition) is 4. The molecular formula is C24H34N6O. The van der Waals surface area contributed by atoms with E-state index in [-0.39, 0.29) is 0 Å². The lowest BCUT2D eigenvalue weighted by atomic mass is 9.93. The summed E-state index contributed by atoms with van der Waals surface area (Å²) in [6.45, 7) is 6.26. The number of nitrogens with zero attached hydrogens (tertiary/aromatic N) is 3. The number of phenolic OH excluding ortho intramolecular Hbond substituents is 1. The second-order valence-electron chi connectivity index (χ2n) is 8.41. The first kappa shape index (κ1) is 21.7. The van der Waals surface area contributed by atoms with Crippen LogP contribution in [0.5, 0.6) is 5.75 Å². The number of aliphatic imine (C=N–C) groups is 2. The maximum Gasteiger partial charge on any atom is 0.218 e. The first-order valence-electron chi connectivity index (χ1n) is 11.4. The number of nitrogens with one attached hydrogen (secondary N) is 2. The minimum atomic E-state index is 0.298. The molecule has 2 heterocycles. The molecule has 31 heavy (non-hydrogen) atoms. The van der Waals surface area contributed by atoms with E-state index in [4.69, 9.17) is 10.7 Å². The zero-order valence-electron chi connectivity index (χ0n) is 18.2. The first-order chi connectivity index (χ1) is 15.2. The van der Waals surface area contributed by atoms with Crippen LogP contribution in [-0.4, -0.2) is 73.5 Å². The van der Waals surface area contributed by atoms with Crippen molar-refractivity contribution in [3.8, 4) is 5.75 Å². The Morgan fingerprint density at radius 2 is 2.10 bits per heavy atom. The molecule has 0 spiro atoms. The van der Waals surface area contributed by atoms with Gasteiger partial charge in [-0.3, -0.25) is 9.89 Å². The summed E-state index contributed by atoms with van der Waals surface area (Å²) in [6.07, 6.45) is 8.60. The molecule has 0 radical (unpaired) electrons. The van der Waals surface area contributed by atoms with Gasteiger partial charge in [-0.05, 0) is 48.1 Å². The number of allylic oxidation sites excluding steroid dienone is 2. The minimum Gasteiger partial charge on any atom is -0.508 e. The molecule has 0 amide bonds. The smallest absolute Gasteiger partial charge is 0.218 e. The van der Waals surface area contributed by atoms with Crippen molar-refractivity contribution < 1.29 is 5.11 Å². The summed E-state index contributed by atoms with van der Waals surface area (Å²) < 4.78 is 0. The molecule has 0 aromatic heterocycles. The monoisotopic (exact) mass is 422 g/mol. The van der Waals surface area contributed by atoms with Gasteiger partial charge in [0, 0.05) is 64.0 Å². The van der Waals surface area contributed by atoms with Gasteiger partial charge in [0.25, 0.3) is 0 Å². The Morgan fingerprint density at radius 1 is 1.23 bits per heavy atom. The van der Waals surface area contributed by atoms with Crippen LogP contribution >= 0.6 is 0 Å². The minimum absolute atomic E-state index is 0.298. The third-order valence-corrected chi connectivity index (χ3v) is 6.16. The van der Waals surface area contributed by atoms with Crippen LogP contribution in [0.4, 0.5) is 0 Å². The van der Waals surface area contributed by atoms with Gasteiger partial charge in [-0.25, -0.2) is 4.99 Å². The summed E-state index contributed by atoms with van der Waals surface area (Å²) in [4.78, 5) is 11.9. The number of rotatable bonds is 7. The lowest BCUT2D eigenvalue weighted by Gasteiger charge is -2.36. The van der Waals surface area contributed by atoms with Crippen LogP contribution in [-0.2, 0) is 6.42 Å². The Labute approximate surface area is 184 Å². The SMILES string of the molecule is NCC1CNCCN1CC1=CCCC(C2=NC(NCCc3ccc(O)cc3)=NCC2)=C1. The second kappa shape index (κ2) is 10.7. The van der Waals surface area contributed by atoms with Crippen molar-refractivity contribution >= 4 is 11.7 Å². The average molecular weight is 423 g/mol. The molecule has 166 valence electrons. The van der Waals surface area contributed by atoms with E-state index >= 15 is 0 Å². The first-order valence-corrected chi connectivity index (χ1v) is 11.4. The predicted octanol–water partition coefficient (Wildman–Crippen LogP) is 1.60. The van der Waals surface area contributed by atoms with Crippen molar-refractivity contribution in [2.24, 2.45) is 15.7 Å². The zero-order valence-corrected chi connectivity index (χ0v) is 18.2. The number of phenols is 1. The maximum atomic E-state index is 9.40. The fourth-order valence-electron chi connectivity index (χ4n) is 4.38. The van der Waals surface area contributed by atoms with Crippen molar-refractivity contribution in [3.05, 3.63) is 53.1 Å².